The maximum Gasteiger partial charge on any atom is 0.358 e. The Morgan fingerprint density at radius 1 is 0.809 bits per heavy atom. The van der Waals surface area contributed by atoms with E-state index < -0.39 is 28.4 Å². The minimum absolute atomic E-state index is 0.00521. The molecule has 0 radical (unpaired) electrons. The standard InChI is InChI=1S/C37H46O7SSi2/c1-36(2,3)46(7,8)43-25-17-19-29-31(21-25)39-23-27(41-35(45)40-24-14-12-11-13-15-24)20-30-28-18-16-26(44-47(9,10)37(4,5)6)22-32(28)42-34(38)33(29)30/h11-19,21-22,27H,20,23H2,1-10H3. The molecular weight excluding hydrogens is 645 g/mol. The number of hydrogen-bond acceptors (Lipinski definition) is 8. The third-order valence-corrected chi connectivity index (χ3v) is 18.5. The van der Waals surface area contributed by atoms with Crippen LogP contribution in [0.15, 0.2) is 75.9 Å². The Morgan fingerprint density at radius 3 is 2.02 bits per heavy atom. The van der Waals surface area contributed by atoms with Crippen LogP contribution in [0.4, 0.5) is 0 Å². The molecule has 5 rings (SSSR count). The molecule has 0 saturated heterocycles. The van der Waals surface area contributed by atoms with Crippen LogP contribution >= 0.6 is 12.2 Å². The van der Waals surface area contributed by atoms with E-state index in [2.05, 4.69) is 67.7 Å². The number of ether oxygens (including phenoxy) is 3. The molecule has 0 spiro atoms. The van der Waals surface area contributed by atoms with Crippen LogP contribution in [0.25, 0.3) is 22.1 Å². The second-order valence-corrected chi connectivity index (χ2v) is 25.0. The van der Waals surface area contributed by atoms with Crippen LogP contribution in [0.3, 0.4) is 0 Å². The van der Waals surface area contributed by atoms with Crippen LogP contribution in [-0.4, -0.2) is 34.6 Å². The van der Waals surface area contributed by atoms with E-state index in [0.717, 1.165) is 10.9 Å². The molecule has 47 heavy (non-hydrogen) atoms. The van der Waals surface area contributed by atoms with E-state index in [9.17, 15) is 4.79 Å². The number of rotatable bonds is 6. The second-order valence-electron chi connectivity index (χ2n) is 15.2. The highest BCUT2D eigenvalue weighted by molar-refractivity contribution is 7.79. The molecule has 10 heteroatoms. The van der Waals surface area contributed by atoms with E-state index in [-0.39, 0.29) is 21.9 Å². The topological polar surface area (TPSA) is 76.4 Å². The molecular formula is C37H46O7SSi2. The number of benzene rings is 3. The lowest BCUT2D eigenvalue weighted by Gasteiger charge is -2.36. The van der Waals surface area contributed by atoms with Crippen molar-refractivity contribution in [3.05, 3.63) is 82.7 Å². The molecule has 2 heterocycles. The van der Waals surface area contributed by atoms with Crippen molar-refractivity contribution >= 4 is 45.1 Å². The second kappa shape index (κ2) is 12.8. The van der Waals surface area contributed by atoms with Gasteiger partial charge in [-0.2, -0.15) is 0 Å². The first-order valence-electron chi connectivity index (χ1n) is 16.0. The lowest BCUT2D eigenvalue weighted by molar-refractivity contribution is 0.0990. The third kappa shape index (κ3) is 7.60. The molecule has 1 unspecified atom stereocenters. The van der Waals surface area contributed by atoms with E-state index in [1.165, 1.54) is 0 Å². The summed E-state index contributed by atoms with van der Waals surface area (Å²) in [6.07, 6.45) is -0.226. The Labute approximate surface area is 285 Å². The Balaban J connectivity index is 1.59. The quantitative estimate of drug-likeness (QED) is 0.112. The van der Waals surface area contributed by atoms with Crippen LogP contribution in [0.2, 0.25) is 36.3 Å². The molecule has 0 fully saturated rings. The molecule has 0 aliphatic carbocycles. The molecule has 1 atom stereocenters. The predicted molar refractivity (Wildman–Crippen MR) is 197 cm³/mol. The van der Waals surface area contributed by atoms with Crippen LogP contribution in [0.5, 0.6) is 23.0 Å². The minimum atomic E-state index is -2.14. The van der Waals surface area contributed by atoms with E-state index in [4.69, 9.17) is 39.7 Å². The number of fused-ring (bicyclic) bond motifs is 5. The molecule has 3 aromatic carbocycles. The van der Waals surface area contributed by atoms with Gasteiger partial charge in [0.1, 0.15) is 41.3 Å². The zero-order valence-electron chi connectivity index (χ0n) is 29.1. The van der Waals surface area contributed by atoms with Crippen LogP contribution in [-0.2, 0) is 11.2 Å². The smallest absolute Gasteiger partial charge is 0.358 e. The largest absolute Gasteiger partial charge is 0.543 e. The Bertz CT molecular complexity index is 1840. The van der Waals surface area contributed by atoms with Crippen LogP contribution < -0.4 is 24.0 Å². The maximum absolute atomic E-state index is 13.9. The molecule has 0 saturated carbocycles. The van der Waals surface area contributed by atoms with Gasteiger partial charge in [-0.25, -0.2) is 4.79 Å². The SMILES string of the molecule is CC(C)(C)[Si](C)(C)Oc1ccc2c(c1)OCC(OC(=S)Oc1ccccc1)Cc1c-2c(=O)oc2cc(O[Si](C)(C)C(C)(C)C)ccc12. The molecule has 0 N–H and O–H groups in total. The first kappa shape index (κ1) is 34.7. The summed E-state index contributed by atoms with van der Waals surface area (Å²) >= 11 is 5.50. The molecule has 1 aromatic heterocycles. The van der Waals surface area contributed by atoms with Crippen molar-refractivity contribution < 1.29 is 27.5 Å². The van der Waals surface area contributed by atoms with Crippen molar-refractivity contribution in [2.45, 2.75) is 90.3 Å². The van der Waals surface area contributed by atoms with E-state index in [1.54, 1.807) is 0 Å². The highest BCUT2D eigenvalue weighted by Gasteiger charge is 2.40. The summed E-state index contributed by atoms with van der Waals surface area (Å²) in [6, 6.07) is 20.6. The Morgan fingerprint density at radius 2 is 1.40 bits per heavy atom. The molecule has 1 aliphatic heterocycles. The molecule has 1 aliphatic rings. The lowest BCUT2D eigenvalue weighted by atomic mass is 9.93. The predicted octanol–water partition coefficient (Wildman–Crippen LogP) is 9.91. The minimum Gasteiger partial charge on any atom is -0.543 e. The maximum atomic E-state index is 13.9. The molecule has 250 valence electrons. The average Bonchev–Trinajstić information content (AvgIpc) is 2.94. The van der Waals surface area contributed by atoms with Gasteiger partial charge in [-0.05, 0) is 78.2 Å². The molecule has 4 aromatic rings. The van der Waals surface area contributed by atoms with Gasteiger partial charge < -0.3 is 27.5 Å². The van der Waals surface area contributed by atoms with Crippen molar-refractivity contribution in [2.24, 2.45) is 0 Å². The average molecular weight is 691 g/mol. The van der Waals surface area contributed by atoms with Crippen molar-refractivity contribution in [3.8, 4) is 34.1 Å². The lowest BCUT2D eigenvalue weighted by Crippen LogP contribution is -2.43. The summed E-state index contributed by atoms with van der Waals surface area (Å²) in [5.74, 6) is 2.45. The summed E-state index contributed by atoms with van der Waals surface area (Å²) in [6.45, 7) is 22.1. The summed E-state index contributed by atoms with van der Waals surface area (Å²) in [5.41, 5.74) is 1.83. The number of thiocarbonyl (C=S) groups is 1. The number of hydrogen-bond donors (Lipinski definition) is 0. The van der Waals surface area contributed by atoms with Crippen molar-refractivity contribution in [1.82, 2.24) is 0 Å². The molecule has 7 nitrogen and oxygen atoms in total. The highest BCUT2D eigenvalue weighted by Crippen LogP contribution is 2.43. The van der Waals surface area contributed by atoms with E-state index in [1.807, 2.05) is 66.7 Å². The van der Waals surface area contributed by atoms with Gasteiger partial charge in [0.15, 0.2) is 0 Å². The molecule has 0 amide bonds. The summed E-state index contributed by atoms with van der Waals surface area (Å²) in [7, 11) is -4.27. The van der Waals surface area contributed by atoms with Crippen LogP contribution in [0.1, 0.15) is 47.1 Å². The first-order valence-corrected chi connectivity index (χ1v) is 22.3. The van der Waals surface area contributed by atoms with Crippen molar-refractivity contribution in [2.75, 3.05) is 6.61 Å². The van der Waals surface area contributed by atoms with Gasteiger partial charge in [0, 0.05) is 41.7 Å². The summed E-state index contributed by atoms with van der Waals surface area (Å²) in [5, 5.41) is 0.779. The van der Waals surface area contributed by atoms with E-state index in [0.29, 0.717) is 46.1 Å². The third-order valence-electron chi connectivity index (χ3n) is 9.63. The summed E-state index contributed by atoms with van der Waals surface area (Å²) < 4.78 is 37.5. The fourth-order valence-corrected chi connectivity index (χ4v) is 7.15. The zero-order chi connectivity index (χ0) is 34.4. The van der Waals surface area contributed by atoms with Gasteiger partial charge in [0.2, 0.25) is 16.6 Å². The normalized spacial score (nSPS) is 15.4. The summed E-state index contributed by atoms with van der Waals surface area (Å²) in [4.78, 5) is 13.9. The van der Waals surface area contributed by atoms with Gasteiger partial charge in [-0.15, -0.1) is 0 Å². The fourth-order valence-electron chi connectivity index (χ4n) is 4.87. The van der Waals surface area contributed by atoms with Gasteiger partial charge in [-0.3, -0.25) is 0 Å². The first-order chi connectivity index (χ1) is 21.8. The van der Waals surface area contributed by atoms with Crippen molar-refractivity contribution in [1.29, 1.82) is 0 Å². The van der Waals surface area contributed by atoms with Gasteiger partial charge in [0.25, 0.3) is 0 Å². The monoisotopic (exact) mass is 690 g/mol. The van der Waals surface area contributed by atoms with E-state index >= 15 is 0 Å². The van der Waals surface area contributed by atoms with Gasteiger partial charge >= 0.3 is 10.9 Å². The molecule has 0 bridgehead atoms. The number of para-hydroxylation sites is 1. The Kier molecular flexibility index (Phi) is 9.44. The van der Waals surface area contributed by atoms with Crippen LogP contribution in [0, 0.1) is 0 Å². The van der Waals surface area contributed by atoms with Crippen molar-refractivity contribution in [3.63, 3.8) is 0 Å². The van der Waals surface area contributed by atoms with Gasteiger partial charge in [-0.1, -0.05) is 59.7 Å². The highest BCUT2D eigenvalue weighted by atomic mass is 32.1. The Hall–Kier alpha value is -3.61. The van der Waals surface area contributed by atoms with Gasteiger partial charge in [0.05, 0.1) is 5.56 Å². The fraction of sp³-hybridized carbons (Fsp3) is 0.405. The zero-order valence-corrected chi connectivity index (χ0v) is 31.9.